The summed E-state index contributed by atoms with van der Waals surface area (Å²) in [6.07, 6.45) is 8.74. The average Bonchev–Trinajstić information content (AvgIpc) is 3.70. The highest BCUT2D eigenvalue weighted by molar-refractivity contribution is 7.90. The number of aryl methyl sites for hydroxylation is 1. The highest BCUT2D eigenvalue weighted by Gasteiger charge is 2.45. The van der Waals surface area contributed by atoms with Crippen LogP contribution >= 0.6 is 0 Å². The number of nitrogens with zero attached hydrogens (tertiary/aromatic N) is 5. The maximum atomic E-state index is 14.9. The zero-order chi connectivity index (χ0) is 53.4. The van der Waals surface area contributed by atoms with E-state index in [1.165, 1.54) is 23.0 Å². The number of carbonyl (C=O) groups is 5. The Bertz CT molecular complexity index is 3060. The topological polar surface area (TPSA) is 284 Å². The summed E-state index contributed by atoms with van der Waals surface area (Å²) in [5.74, 6) is -0.312. The Hall–Kier alpha value is -6.93. The first-order chi connectivity index (χ1) is 34.5. The predicted octanol–water partition coefficient (Wildman–Crippen LogP) is 2.36. The number of halogens is 1. The van der Waals surface area contributed by atoms with E-state index in [1.807, 2.05) is 19.0 Å². The van der Waals surface area contributed by atoms with Crippen molar-refractivity contribution in [2.75, 3.05) is 46.8 Å². The molecule has 22 heteroatoms. The number of pyridine rings is 2. The van der Waals surface area contributed by atoms with E-state index in [0.29, 0.717) is 57.4 Å². The van der Waals surface area contributed by atoms with Crippen molar-refractivity contribution in [1.29, 1.82) is 0 Å². The number of esters is 1. The second-order valence-electron chi connectivity index (χ2n) is 18.8. The number of fused-ring (bicyclic) bond motifs is 5. The predicted molar refractivity (Wildman–Crippen MR) is 267 cm³/mol. The van der Waals surface area contributed by atoms with Crippen molar-refractivity contribution < 1.29 is 51.4 Å². The summed E-state index contributed by atoms with van der Waals surface area (Å²) >= 11 is 0. The molecule has 20 nitrogen and oxygen atoms in total. The Morgan fingerprint density at radius 1 is 1.07 bits per heavy atom. The van der Waals surface area contributed by atoms with Crippen molar-refractivity contribution in [2.45, 2.75) is 96.2 Å². The molecule has 6 rings (SSSR count). The fourth-order valence-corrected chi connectivity index (χ4v) is 9.42. The Balaban J connectivity index is 1.07. The number of primary amides is 1. The number of aliphatic hydroxyl groups is 1. The second kappa shape index (κ2) is 23.7. The van der Waals surface area contributed by atoms with Gasteiger partial charge in [0.15, 0.2) is 5.60 Å². The lowest BCUT2D eigenvalue weighted by atomic mass is 9.79. The molecular formula is C51H62FN9O11S. The molecule has 4 amide bonds. The summed E-state index contributed by atoms with van der Waals surface area (Å²) in [4.78, 5) is 94.2. The van der Waals surface area contributed by atoms with Crippen molar-refractivity contribution in [2.24, 2.45) is 23.5 Å². The van der Waals surface area contributed by atoms with E-state index in [-0.39, 0.29) is 74.4 Å². The van der Waals surface area contributed by atoms with Crippen molar-refractivity contribution in [3.05, 3.63) is 86.2 Å². The molecule has 0 saturated heterocycles. The maximum absolute atomic E-state index is 14.9. The molecule has 1 unspecified atom stereocenters. The first kappa shape index (κ1) is 55.4. The largest absolute Gasteiger partial charge is 0.458 e. The Morgan fingerprint density at radius 2 is 1.79 bits per heavy atom. The van der Waals surface area contributed by atoms with Gasteiger partial charge in [-0.15, -0.1) is 0 Å². The molecule has 0 saturated carbocycles. The highest BCUT2D eigenvalue weighted by atomic mass is 32.2. The van der Waals surface area contributed by atoms with E-state index >= 15 is 0 Å². The van der Waals surface area contributed by atoms with Gasteiger partial charge in [-0.25, -0.2) is 32.6 Å². The van der Waals surface area contributed by atoms with E-state index in [2.05, 4.69) is 37.8 Å². The van der Waals surface area contributed by atoms with Crippen LogP contribution in [0.5, 0.6) is 0 Å². The van der Waals surface area contributed by atoms with Crippen LogP contribution in [0.1, 0.15) is 92.7 Å². The minimum Gasteiger partial charge on any atom is -0.458 e. The zero-order valence-corrected chi connectivity index (χ0v) is 42.8. The Labute approximate surface area is 422 Å². The van der Waals surface area contributed by atoms with Gasteiger partial charge >= 0.3 is 5.97 Å². The summed E-state index contributed by atoms with van der Waals surface area (Å²) < 4.78 is 50.7. The molecule has 0 bridgehead atoms. The van der Waals surface area contributed by atoms with Crippen molar-refractivity contribution in [1.82, 2.24) is 40.4 Å². The minimum absolute atomic E-state index is 0.00255. The van der Waals surface area contributed by atoms with Crippen molar-refractivity contribution in [3.63, 3.8) is 0 Å². The third-order valence-corrected chi connectivity index (χ3v) is 13.8. The zero-order valence-electron chi connectivity index (χ0n) is 42.0. The monoisotopic (exact) mass is 1030 g/mol. The number of sulfone groups is 1. The molecule has 0 fully saturated rings. The maximum Gasteiger partial charge on any atom is 0.343 e. The van der Waals surface area contributed by atoms with Crippen LogP contribution in [0.2, 0.25) is 0 Å². The summed E-state index contributed by atoms with van der Waals surface area (Å²) in [5, 5.41) is 19.6. The molecule has 0 spiro atoms. The fraction of sp³-hybridized carbons (Fsp3) is 0.471. The lowest BCUT2D eigenvalue weighted by molar-refractivity contribution is -0.172. The van der Waals surface area contributed by atoms with Crippen LogP contribution in [0, 0.1) is 42.3 Å². The van der Waals surface area contributed by atoms with Crippen molar-refractivity contribution >= 4 is 56.4 Å². The van der Waals surface area contributed by atoms with Gasteiger partial charge in [-0.1, -0.05) is 44.8 Å². The molecule has 6 N–H and O–H groups in total. The average molecular weight is 1030 g/mol. The standard InChI is InChI=1S/C51H62FN9O11S/c1-8-51(68)37-21-41-44-35(26-61(41)48(66)36(37)27-72-49(51)67)32(34-20-30(4)38(52)22-40(34)58-44)16-13-19-71-28-57-42(62)25-54-46(64)39(17-11-12-18-60(5)6)59-47(65)43(29(2)3)33(45(53)63)15-10-9-14-31-23-55-50(56-24-31)73(7,69)70/h13,16,20-24,29,33,39,43,68H,8,10-12,15,17-19,25-28H2,1-7H3,(H2,53,63)(H,54,64)(H,57,62)(H,59,65)/b16-13+/t33?,39-,43-,51-/m0/s1. The van der Waals surface area contributed by atoms with Gasteiger partial charge in [0.05, 0.1) is 59.6 Å². The Morgan fingerprint density at radius 3 is 2.45 bits per heavy atom. The van der Waals surface area contributed by atoms with Gasteiger partial charge in [-0.2, -0.15) is 0 Å². The number of hydrogen-bond donors (Lipinski definition) is 5. The third kappa shape index (κ3) is 13.0. The molecule has 390 valence electrons. The van der Waals surface area contributed by atoms with Gasteiger partial charge in [0.25, 0.3) is 5.56 Å². The number of amides is 4. The fourth-order valence-electron chi connectivity index (χ4n) is 8.93. The highest BCUT2D eigenvalue weighted by Crippen LogP contribution is 2.41. The minimum atomic E-state index is -3.59. The number of aromatic nitrogens is 4. The molecule has 0 aliphatic carbocycles. The van der Waals surface area contributed by atoms with E-state index in [1.54, 1.807) is 52.0 Å². The number of ether oxygens (including phenoxy) is 2. The second-order valence-corrected chi connectivity index (χ2v) is 20.7. The third-order valence-electron chi connectivity index (χ3n) is 12.9. The van der Waals surface area contributed by atoms with Crippen molar-refractivity contribution in [3.8, 4) is 23.2 Å². The number of carbonyl (C=O) groups excluding carboxylic acids is 5. The van der Waals surface area contributed by atoms with Gasteiger partial charge in [-0.3, -0.25) is 24.0 Å². The van der Waals surface area contributed by atoms with Crippen LogP contribution < -0.4 is 27.2 Å². The van der Waals surface area contributed by atoms with E-state index in [4.69, 9.17) is 20.2 Å². The molecule has 0 radical (unpaired) electrons. The summed E-state index contributed by atoms with van der Waals surface area (Å²) in [6, 6.07) is 3.51. The SMILES string of the molecule is CC[C@@]1(O)C(=O)OCc2c1cc1n(c2=O)Cc2c-1nc1cc(F)c(C)cc1c2/C=C/COCNC(=O)CNC(=O)[C@H](CCCCN(C)C)NC(=O)[C@@H](C(C)C)C(CCC#Cc1cnc(S(C)(=O)=O)nc1)C(N)=O. The lowest BCUT2D eigenvalue weighted by Crippen LogP contribution is -2.52. The first-order valence-corrected chi connectivity index (χ1v) is 25.8. The summed E-state index contributed by atoms with van der Waals surface area (Å²) in [6.45, 7) is 6.64. The molecule has 4 atom stereocenters. The number of rotatable bonds is 22. The van der Waals surface area contributed by atoms with Crippen LogP contribution in [0.25, 0.3) is 28.4 Å². The van der Waals surface area contributed by atoms with Crippen LogP contribution in [-0.2, 0) is 62.0 Å². The normalized spacial score (nSPS) is 16.2. The molecule has 2 aliphatic heterocycles. The molecule has 1 aromatic carbocycles. The molecule has 5 heterocycles. The van der Waals surface area contributed by atoms with E-state index < -0.39 is 80.8 Å². The number of unbranched alkanes of at least 4 members (excludes halogenated alkanes) is 1. The Kier molecular flexibility index (Phi) is 18.0. The molecule has 2 aliphatic rings. The van der Waals surface area contributed by atoms with Crippen LogP contribution in [-0.4, -0.2) is 120 Å². The number of hydrogen-bond acceptors (Lipinski definition) is 15. The number of nitrogens with one attached hydrogen (secondary N) is 3. The smallest absolute Gasteiger partial charge is 0.343 e. The van der Waals surface area contributed by atoms with Crippen LogP contribution in [0.4, 0.5) is 4.39 Å². The summed E-state index contributed by atoms with van der Waals surface area (Å²) in [7, 11) is 0.240. The first-order valence-electron chi connectivity index (χ1n) is 23.9. The van der Waals surface area contributed by atoms with Gasteiger partial charge < -0.3 is 45.7 Å². The van der Waals surface area contributed by atoms with Gasteiger partial charge in [0.1, 0.15) is 25.2 Å². The van der Waals surface area contributed by atoms with E-state index in [9.17, 15) is 46.7 Å². The molecule has 3 aromatic heterocycles. The van der Waals surface area contributed by atoms with Crippen LogP contribution in [0.15, 0.2) is 46.6 Å². The number of benzene rings is 1. The number of nitrogens with two attached hydrogens (primary N) is 1. The number of cyclic esters (lactones) is 1. The molecular weight excluding hydrogens is 966 g/mol. The lowest BCUT2D eigenvalue weighted by Gasteiger charge is -2.31. The van der Waals surface area contributed by atoms with E-state index in [0.717, 1.165) is 12.8 Å². The quantitative estimate of drug-likeness (QED) is 0.0219. The van der Waals surface area contributed by atoms with Gasteiger partial charge in [-0.05, 0) is 88.8 Å². The summed E-state index contributed by atoms with van der Waals surface area (Å²) in [5.41, 5.74) is 6.79. The van der Waals surface area contributed by atoms with Crippen LogP contribution in [0.3, 0.4) is 0 Å². The molecule has 4 aromatic rings. The van der Waals surface area contributed by atoms with Gasteiger partial charge in [0.2, 0.25) is 38.6 Å². The van der Waals surface area contributed by atoms with Gasteiger partial charge in [0, 0.05) is 47.6 Å². The molecule has 73 heavy (non-hydrogen) atoms.